The van der Waals surface area contributed by atoms with E-state index in [4.69, 9.17) is 4.65 Å². The van der Waals surface area contributed by atoms with Crippen LogP contribution in [-0.2, 0) is 10.1 Å². The Labute approximate surface area is 128 Å². The largest absolute Gasteiger partial charge is 0.427 e. The number of nitriles is 1. The summed E-state index contributed by atoms with van der Waals surface area (Å²) in [5.74, 6) is 0. The highest BCUT2D eigenvalue weighted by atomic mass is 16.5. The van der Waals surface area contributed by atoms with Crippen molar-refractivity contribution in [1.82, 2.24) is 0 Å². The van der Waals surface area contributed by atoms with Gasteiger partial charge in [-0.05, 0) is 58.5 Å². The van der Waals surface area contributed by atoms with Crippen molar-refractivity contribution < 1.29 is 9.76 Å². The van der Waals surface area contributed by atoms with Crippen LogP contribution in [0.2, 0.25) is 0 Å². The number of nitrogens with zero attached hydrogens (tertiary/aromatic N) is 1. The predicted octanol–water partition coefficient (Wildman–Crippen LogP) is 2.09. The Hall–Kier alpha value is -1.31. The van der Waals surface area contributed by atoms with E-state index in [1.54, 1.807) is 13.8 Å². The van der Waals surface area contributed by atoms with E-state index < -0.39 is 11.2 Å². The van der Waals surface area contributed by atoms with Gasteiger partial charge in [0.2, 0.25) is 0 Å². The van der Waals surface area contributed by atoms with E-state index in [0.717, 1.165) is 29.4 Å². The lowest BCUT2D eigenvalue weighted by Gasteiger charge is -2.37. The third-order valence-electron chi connectivity index (χ3n) is 4.92. The maximum atomic E-state index is 10.1. The molecule has 1 aromatic rings. The molecule has 0 amide bonds. The maximum absolute atomic E-state index is 10.1. The first kappa shape index (κ1) is 16.1. The summed E-state index contributed by atoms with van der Waals surface area (Å²) in [5.41, 5.74) is 1.59. The fraction of sp³-hybridized carbons (Fsp3) is 0.588. The summed E-state index contributed by atoms with van der Waals surface area (Å²) in [6, 6.07) is 8.62. The van der Waals surface area contributed by atoms with Gasteiger partial charge in [-0.25, -0.2) is 0 Å². The smallest absolute Gasteiger partial charge is 0.309 e. The average Bonchev–Trinajstić information content (AvgIpc) is 3.17. The Bertz CT molecular complexity index is 577. The number of aliphatic hydroxyl groups is 1. The summed E-state index contributed by atoms with van der Waals surface area (Å²) >= 11 is 0. The monoisotopic (exact) mass is 285 g/mol. The zero-order valence-corrected chi connectivity index (χ0v) is 13.7. The Morgan fingerprint density at radius 2 is 1.90 bits per heavy atom. The number of rotatable bonds is 5. The molecule has 0 unspecified atom stereocenters. The second-order valence-electron chi connectivity index (χ2n) is 7.19. The van der Waals surface area contributed by atoms with E-state index in [1.807, 2.05) is 32.9 Å². The van der Waals surface area contributed by atoms with Crippen LogP contribution in [-0.4, -0.2) is 23.8 Å². The van der Waals surface area contributed by atoms with Gasteiger partial charge in [0.1, 0.15) is 0 Å². The molecule has 0 heterocycles. The summed E-state index contributed by atoms with van der Waals surface area (Å²) < 4.78 is 5.91. The van der Waals surface area contributed by atoms with Crippen LogP contribution in [0, 0.1) is 18.3 Å². The molecule has 0 atom stereocenters. The van der Waals surface area contributed by atoms with Crippen LogP contribution in [0.5, 0.6) is 0 Å². The molecule has 1 saturated carbocycles. The molecule has 1 fully saturated rings. The first-order valence-corrected chi connectivity index (χ1v) is 7.49. The first-order valence-electron chi connectivity index (χ1n) is 7.49. The lowest BCUT2D eigenvalue weighted by molar-refractivity contribution is -0.0893. The predicted molar refractivity (Wildman–Crippen MR) is 85.9 cm³/mol. The fourth-order valence-corrected chi connectivity index (χ4v) is 2.18. The Morgan fingerprint density at radius 1 is 1.29 bits per heavy atom. The second kappa shape index (κ2) is 5.16. The standard InChI is InChI=1S/C17H24BNO2/c1-12-10-13(17(11-19)8-9-17)6-7-14(12)18-21-16(4,5)15(2,3)20/h6-7,10,18,20H,8-9H2,1-5H3. The molecule has 1 aliphatic rings. The molecule has 0 spiro atoms. The van der Waals surface area contributed by atoms with Gasteiger partial charge in [-0.15, -0.1) is 0 Å². The van der Waals surface area contributed by atoms with Crippen LogP contribution < -0.4 is 5.46 Å². The van der Waals surface area contributed by atoms with Crippen molar-refractivity contribution in [2.45, 2.75) is 64.1 Å². The highest BCUT2D eigenvalue weighted by Crippen LogP contribution is 2.47. The number of benzene rings is 1. The molecular formula is C17H24BNO2. The van der Waals surface area contributed by atoms with Crippen molar-refractivity contribution in [1.29, 1.82) is 5.26 Å². The topological polar surface area (TPSA) is 53.2 Å². The van der Waals surface area contributed by atoms with Gasteiger partial charge in [0.05, 0.1) is 22.7 Å². The molecule has 1 aromatic carbocycles. The summed E-state index contributed by atoms with van der Waals surface area (Å²) in [6.07, 6.45) is 1.93. The zero-order valence-electron chi connectivity index (χ0n) is 13.7. The van der Waals surface area contributed by atoms with Gasteiger partial charge in [0, 0.05) is 0 Å². The van der Waals surface area contributed by atoms with Crippen molar-refractivity contribution in [3.8, 4) is 6.07 Å². The summed E-state index contributed by atoms with van der Waals surface area (Å²) in [7, 11) is 0.461. The molecular weight excluding hydrogens is 261 g/mol. The Kier molecular flexibility index (Phi) is 3.95. The fourth-order valence-electron chi connectivity index (χ4n) is 2.18. The molecule has 112 valence electrons. The van der Waals surface area contributed by atoms with Crippen LogP contribution >= 0.6 is 0 Å². The van der Waals surface area contributed by atoms with E-state index in [1.165, 1.54) is 0 Å². The second-order valence-corrected chi connectivity index (χ2v) is 7.19. The van der Waals surface area contributed by atoms with E-state index in [0.29, 0.717) is 7.48 Å². The van der Waals surface area contributed by atoms with Gasteiger partial charge in [0.25, 0.3) is 0 Å². The van der Waals surface area contributed by atoms with Gasteiger partial charge < -0.3 is 9.76 Å². The molecule has 4 heteroatoms. The molecule has 0 bridgehead atoms. The first-order chi connectivity index (χ1) is 9.61. The van der Waals surface area contributed by atoms with Gasteiger partial charge in [-0.3, -0.25) is 0 Å². The minimum absolute atomic E-state index is 0.240. The summed E-state index contributed by atoms with van der Waals surface area (Å²) in [6.45, 7) is 9.35. The quantitative estimate of drug-likeness (QED) is 0.843. The van der Waals surface area contributed by atoms with Crippen LogP contribution in [0.1, 0.15) is 51.7 Å². The third-order valence-corrected chi connectivity index (χ3v) is 4.92. The Morgan fingerprint density at radius 3 is 2.33 bits per heavy atom. The maximum Gasteiger partial charge on any atom is 0.309 e. The molecule has 2 rings (SSSR count). The number of hydrogen-bond acceptors (Lipinski definition) is 3. The van der Waals surface area contributed by atoms with Crippen molar-refractivity contribution >= 4 is 12.9 Å². The normalized spacial score (nSPS) is 17.2. The highest BCUT2D eigenvalue weighted by Gasteiger charge is 2.45. The minimum Gasteiger partial charge on any atom is -0.427 e. The lowest BCUT2D eigenvalue weighted by atomic mass is 9.79. The van der Waals surface area contributed by atoms with Crippen molar-refractivity contribution in [2.24, 2.45) is 0 Å². The summed E-state index contributed by atoms with van der Waals surface area (Å²) in [5, 5.41) is 19.4. The highest BCUT2D eigenvalue weighted by molar-refractivity contribution is 6.47. The van der Waals surface area contributed by atoms with E-state index in [2.05, 4.69) is 12.1 Å². The molecule has 0 saturated heterocycles. The van der Waals surface area contributed by atoms with Gasteiger partial charge >= 0.3 is 7.48 Å². The zero-order chi connectivity index (χ0) is 15.9. The van der Waals surface area contributed by atoms with E-state index in [9.17, 15) is 10.4 Å². The molecule has 3 nitrogen and oxygen atoms in total. The van der Waals surface area contributed by atoms with Gasteiger partial charge in [0.15, 0.2) is 0 Å². The SMILES string of the molecule is Cc1cc(C2(C#N)CC2)ccc1BOC(C)(C)C(C)(C)O. The van der Waals surface area contributed by atoms with Gasteiger partial charge in [-0.1, -0.05) is 23.8 Å². The third kappa shape index (κ3) is 3.15. The minimum atomic E-state index is -0.903. The van der Waals surface area contributed by atoms with Crippen LogP contribution in [0.4, 0.5) is 0 Å². The summed E-state index contributed by atoms with van der Waals surface area (Å²) in [4.78, 5) is 0. The van der Waals surface area contributed by atoms with Crippen LogP contribution in [0.15, 0.2) is 18.2 Å². The number of aryl methyl sites for hydroxylation is 1. The van der Waals surface area contributed by atoms with Gasteiger partial charge in [-0.2, -0.15) is 5.26 Å². The van der Waals surface area contributed by atoms with Crippen molar-refractivity contribution in [3.63, 3.8) is 0 Å². The molecule has 21 heavy (non-hydrogen) atoms. The van der Waals surface area contributed by atoms with Crippen LogP contribution in [0.25, 0.3) is 0 Å². The molecule has 0 aromatic heterocycles. The molecule has 1 aliphatic carbocycles. The molecule has 1 N–H and O–H groups in total. The van der Waals surface area contributed by atoms with Crippen molar-refractivity contribution in [3.05, 3.63) is 29.3 Å². The van der Waals surface area contributed by atoms with Crippen molar-refractivity contribution in [2.75, 3.05) is 0 Å². The lowest BCUT2D eigenvalue weighted by Crippen LogP contribution is -2.49. The van der Waals surface area contributed by atoms with E-state index >= 15 is 0 Å². The van der Waals surface area contributed by atoms with Crippen LogP contribution in [0.3, 0.4) is 0 Å². The average molecular weight is 285 g/mol. The molecule has 0 aliphatic heterocycles. The molecule has 0 radical (unpaired) electrons. The Balaban J connectivity index is 2.11. The number of hydrogen-bond donors (Lipinski definition) is 1. The van der Waals surface area contributed by atoms with E-state index in [-0.39, 0.29) is 5.41 Å².